The Morgan fingerprint density at radius 1 is 0.970 bits per heavy atom. The summed E-state index contributed by atoms with van der Waals surface area (Å²) in [6, 6.07) is 12.1. The molecule has 5 nitrogen and oxygen atoms in total. The Labute approximate surface area is 188 Å². The first kappa shape index (κ1) is 21.1. The highest BCUT2D eigenvalue weighted by molar-refractivity contribution is 5.95. The van der Waals surface area contributed by atoms with Gasteiger partial charge in [-0.1, -0.05) is 12.1 Å². The fraction of sp³-hybridized carbons (Fsp3) is 0.231. The summed E-state index contributed by atoms with van der Waals surface area (Å²) in [6.45, 7) is 1.83. The van der Waals surface area contributed by atoms with Gasteiger partial charge < -0.3 is 14.6 Å². The highest BCUT2D eigenvalue weighted by Crippen LogP contribution is 2.51. The maximum Gasteiger partial charge on any atom is 0.338 e. The molecule has 0 amide bonds. The van der Waals surface area contributed by atoms with Crippen molar-refractivity contribution >= 4 is 11.8 Å². The van der Waals surface area contributed by atoms with Gasteiger partial charge >= 0.3 is 5.97 Å². The number of fused-ring (bicyclic) bond motifs is 1. The summed E-state index contributed by atoms with van der Waals surface area (Å²) < 4.78 is 39.4. The number of carbonyl (C=O) groups is 2. The van der Waals surface area contributed by atoms with Crippen LogP contribution in [-0.2, 0) is 16.6 Å². The summed E-state index contributed by atoms with van der Waals surface area (Å²) in [5.74, 6) is -1.60. The molecule has 0 spiro atoms. The molecule has 1 N–H and O–H groups in total. The van der Waals surface area contributed by atoms with Gasteiger partial charge in [0.25, 0.3) is 0 Å². The van der Waals surface area contributed by atoms with Crippen LogP contribution in [0.5, 0.6) is 11.5 Å². The average Bonchev–Trinajstić information content (AvgIpc) is 3.46. The second-order valence-electron chi connectivity index (χ2n) is 8.51. The van der Waals surface area contributed by atoms with Gasteiger partial charge in [-0.2, -0.15) is 0 Å². The Balaban J connectivity index is 1.46. The quantitative estimate of drug-likeness (QED) is 0.558. The van der Waals surface area contributed by atoms with E-state index in [-0.39, 0.29) is 24.6 Å². The first-order chi connectivity index (χ1) is 15.8. The van der Waals surface area contributed by atoms with Crippen molar-refractivity contribution in [3.8, 4) is 22.6 Å². The van der Waals surface area contributed by atoms with Gasteiger partial charge in [-0.05, 0) is 84.0 Å². The van der Waals surface area contributed by atoms with Gasteiger partial charge in [-0.15, -0.1) is 0 Å². The Morgan fingerprint density at radius 2 is 1.73 bits per heavy atom. The molecule has 0 radical (unpaired) electrons. The van der Waals surface area contributed by atoms with Gasteiger partial charge in [0.2, 0.25) is 6.79 Å². The van der Waals surface area contributed by atoms with Crippen molar-refractivity contribution < 1.29 is 33.0 Å². The molecule has 1 heterocycles. The molecule has 0 atom stereocenters. The molecule has 1 fully saturated rings. The van der Waals surface area contributed by atoms with Crippen LogP contribution in [0.3, 0.4) is 0 Å². The van der Waals surface area contributed by atoms with Crippen molar-refractivity contribution in [2.45, 2.75) is 31.6 Å². The van der Waals surface area contributed by atoms with Gasteiger partial charge in [0.05, 0.1) is 11.0 Å². The summed E-state index contributed by atoms with van der Waals surface area (Å²) in [7, 11) is 0. The first-order valence-electron chi connectivity index (χ1n) is 10.5. The van der Waals surface area contributed by atoms with Crippen LogP contribution < -0.4 is 9.47 Å². The molecule has 3 aromatic carbocycles. The third-order valence-corrected chi connectivity index (χ3v) is 6.46. The number of hydrogen-bond donors (Lipinski definition) is 1. The lowest BCUT2D eigenvalue weighted by molar-refractivity contribution is -0.120. The molecular formula is C26H20F2O5. The largest absolute Gasteiger partial charge is 0.478 e. The van der Waals surface area contributed by atoms with E-state index in [2.05, 4.69) is 0 Å². The summed E-state index contributed by atoms with van der Waals surface area (Å²) >= 11 is 0. The molecule has 33 heavy (non-hydrogen) atoms. The monoisotopic (exact) mass is 450 g/mol. The molecule has 0 saturated heterocycles. The van der Waals surface area contributed by atoms with Gasteiger partial charge in [0.15, 0.2) is 11.5 Å². The fourth-order valence-electron chi connectivity index (χ4n) is 4.41. The Kier molecular flexibility index (Phi) is 4.92. The van der Waals surface area contributed by atoms with E-state index in [1.54, 1.807) is 19.1 Å². The molecule has 168 valence electrons. The van der Waals surface area contributed by atoms with Gasteiger partial charge in [0, 0.05) is 6.42 Å². The van der Waals surface area contributed by atoms with E-state index >= 15 is 0 Å². The first-order valence-corrected chi connectivity index (χ1v) is 10.5. The van der Waals surface area contributed by atoms with Crippen molar-refractivity contribution in [3.63, 3.8) is 0 Å². The molecule has 1 saturated carbocycles. The number of carboxylic acid groups (broad SMARTS) is 1. The number of ketones is 1. The van der Waals surface area contributed by atoms with Crippen LogP contribution in [0, 0.1) is 18.6 Å². The van der Waals surface area contributed by atoms with E-state index in [9.17, 15) is 23.5 Å². The third-order valence-electron chi connectivity index (χ3n) is 6.46. The standard InChI is InChI=1S/C26H20F2O5/c1-14-8-21(28)16(10-18(14)15-2-4-20(27)19(9-15)25(30)31)11-24(29)26(6-7-26)17-3-5-22-23(12-17)33-13-32-22/h2-5,8-10,12H,6-7,11,13H2,1H3,(H,30,31). The smallest absolute Gasteiger partial charge is 0.338 e. The van der Waals surface area contributed by atoms with Crippen LogP contribution in [0.25, 0.3) is 11.1 Å². The minimum atomic E-state index is -1.39. The number of rotatable bonds is 6. The number of carbonyl (C=O) groups excluding carboxylic acids is 1. The topological polar surface area (TPSA) is 72.8 Å². The number of benzene rings is 3. The molecule has 0 aromatic heterocycles. The summed E-state index contributed by atoms with van der Waals surface area (Å²) in [6.07, 6.45) is 1.23. The molecular weight excluding hydrogens is 430 g/mol. The average molecular weight is 450 g/mol. The third kappa shape index (κ3) is 3.63. The van der Waals surface area contributed by atoms with E-state index in [1.807, 2.05) is 12.1 Å². The van der Waals surface area contributed by atoms with Crippen LogP contribution in [0.15, 0.2) is 48.5 Å². The number of ether oxygens (including phenoxy) is 2. The lowest BCUT2D eigenvalue weighted by atomic mass is 9.86. The molecule has 5 rings (SSSR count). The van der Waals surface area contributed by atoms with Crippen LogP contribution in [0.1, 0.15) is 39.9 Å². The molecule has 0 bridgehead atoms. The van der Waals surface area contributed by atoms with Crippen LogP contribution >= 0.6 is 0 Å². The van der Waals surface area contributed by atoms with Crippen LogP contribution in [0.4, 0.5) is 8.78 Å². The highest BCUT2D eigenvalue weighted by Gasteiger charge is 2.51. The van der Waals surface area contributed by atoms with Crippen molar-refractivity contribution in [2.75, 3.05) is 6.79 Å². The van der Waals surface area contributed by atoms with Crippen LogP contribution in [0.2, 0.25) is 0 Å². The highest BCUT2D eigenvalue weighted by atomic mass is 19.1. The van der Waals surface area contributed by atoms with E-state index in [4.69, 9.17) is 9.47 Å². The Morgan fingerprint density at radius 3 is 2.45 bits per heavy atom. The van der Waals surface area contributed by atoms with E-state index in [1.165, 1.54) is 18.2 Å². The molecule has 1 aliphatic carbocycles. The summed E-state index contributed by atoms with van der Waals surface area (Å²) in [5, 5.41) is 9.23. The minimum Gasteiger partial charge on any atom is -0.478 e. The molecule has 2 aliphatic rings. The number of Topliss-reactive ketones (excluding diaryl/α,β-unsaturated/α-hetero) is 1. The fourth-order valence-corrected chi connectivity index (χ4v) is 4.41. The lowest BCUT2D eigenvalue weighted by Gasteiger charge is -2.17. The van der Waals surface area contributed by atoms with Crippen molar-refractivity contribution in [1.82, 2.24) is 0 Å². The molecule has 7 heteroatoms. The van der Waals surface area contributed by atoms with Crippen molar-refractivity contribution in [3.05, 3.63) is 82.4 Å². The number of aryl methyl sites for hydroxylation is 1. The zero-order valence-electron chi connectivity index (χ0n) is 17.8. The van der Waals surface area contributed by atoms with E-state index in [0.29, 0.717) is 41.0 Å². The molecule has 1 aliphatic heterocycles. The Hall–Kier alpha value is -3.74. The predicted molar refractivity (Wildman–Crippen MR) is 116 cm³/mol. The summed E-state index contributed by atoms with van der Waals surface area (Å²) in [5.41, 5.74) is 1.46. The van der Waals surface area contributed by atoms with Gasteiger partial charge in [-0.3, -0.25) is 4.79 Å². The second kappa shape index (κ2) is 7.69. The minimum absolute atomic E-state index is 0.0969. The maximum atomic E-state index is 14.8. The maximum absolute atomic E-state index is 14.8. The second-order valence-corrected chi connectivity index (χ2v) is 8.51. The Bertz CT molecular complexity index is 1310. The normalized spacial score (nSPS) is 15.4. The van der Waals surface area contributed by atoms with Crippen molar-refractivity contribution in [1.29, 1.82) is 0 Å². The summed E-state index contributed by atoms with van der Waals surface area (Å²) in [4.78, 5) is 24.6. The molecule has 0 unspecified atom stereocenters. The number of hydrogen-bond acceptors (Lipinski definition) is 4. The van der Waals surface area contributed by atoms with Gasteiger partial charge in [0.1, 0.15) is 17.4 Å². The number of carboxylic acids is 1. The number of aromatic carboxylic acids is 1. The number of halogens is 2. The van der Waals surface area contributed by atoms with E-state index in [0.717, 1.165) is 11.6 Å². The zero-order valence-corrected chi connectivity index (χ0v) is 17.8. The van der Waals surface area contributed by atoms with Crippen molar-refractivity contribution in [2.24, 2.45) is 0 Å². The SMILES string of the molecule is Cc1cc(F)c(CC(=O)C2(c3ccc4c(c3)OCO4)CC2)cc1-c1ccc(F)c(C(=O)O)c1. The van der Waals surface area contributed by atoms with Gasteiger partial charge in [-0.25, -0.2) is 13.6 Å². The lowest BCUT2D eigenvalue weighted by Crippen LogP contribution is -2.23. The predicted octanol–water partition coefficient (Wildman–Crippen LogP) is 5.21. The molecule has 3 aromatic rings. The van der Waals surface area contributed by atoms with E-state index < -0.39 is 28.6 Å². The zero-order chi connectivity index (χ0) is 23.3. The van der Waals surface area contributed by atoms with Crippen LogP contribution in [-0.4, -0.2) is 23.7 Å².